The minimum atomic E-state index is -4.48. The lowest BCUT2D eigenvalue weighted by atomic mass is 10.0. The van der Waals surface area contributed by atoms with Crippen molar-refractivity contribution < 1.29 is 13.2 Å². The van der Waals surface area contributed by atoms with Gasteiger partial charge < -0.3 is 11.1 Å². The van der Waals surface area contributed by atoms with E-state index in [-0.39, 0.29) is 16.6 Å². The molecule has 112 valence electrons. The van der Waals surface area contributed by atoms with Crippen molar-refractivity contribution in [3.05, 3.63) is 29.3 Å². The number of thiocarbonyl (C=S) groups is 1. The summed E-state index contributed by atoms with van der Waals surface area (Å²) in [5.41, 5.74) is 4.84. The second-order valence-electron chi connectivity index (χ2n) is 5.03. The Kier molecular flexibility index (Phi) is 5.39. The summed E-state index contributed by atoms with van der Waals surface area (Å²) < 4.78 is 39.1. The molecule has 1 aromatic rings. The fraction of sp³-hybridized carbons (Fsp3) is 0.500. The lowest BCUT2D eigenvalue weighted by Crippen LogP contribution is -2.25. The molecule has 3 N–H and O–H groups in total. The summed E-state index contributed by atoms with van der Waals surface area (Å²) in [5.74, 6) is 0.324. The number of rotatable bonds is 5. The topological polar surface area (TPSA) is 38.0 Å². The van der Waals surface area contributed by atoms with Gasteiger partial charge in [0.2, 0.25) is 0 Å². The molecule has 0 fully saturated rings. The highest BCUT2D eigenvalue weighted by Crippen LogP contribution is 2.34. The number of nitrogens with two attached hydrogens (primary N) is 1. The number of halogens is 3. The average Bonchev–Trinajstić information content (AvgIpc) is 2.34. The molecule has 0 amide bonds. The molecule has 20 heavy (non-hydrogen) atoms. The maximum absolute atomic E-state index is 13.0. The van der Waals surface area contributed by atoms with Crippen LogP contribution in [-0.2, 0) is 6.18 Å². The highest BCUT2D eigenvalue weighted by Gasteiger charge is 2.34. The second-order valence-corrected chi connectivity index (χ2v) is 5.47. The Bertz CT molecular complexity index is 484. The quantitative estimate of drug-likeness (QED) is 0.801. The first-order chi connectivity index (χ1) is 9.16. The van der Waals surface area contributed by atoms with Crippen LogP contribution in [0.3, 0.4) is 0 Å². The fourth-order valence-electron chi connectivity index (χ4n) is 2.04. The highest BCUT2D eigenvalue weighted by atomic mass is 32.1. The summed E-state index contributed by atoms with van der Waals surface area (Å²) in [7, 11) is 0. The molecule has 1 unspecified atom stereocenters. The number of alkyl halides is 3. The van der Waals surface area contributed by atoms with Crippen LogP contribution < -0.4 is 11.1 Å². The largest absolute Gasteiger partial charge is 0.417 e. The number of hydrogen-bond donors (Lipinski definition) is 2. The minimum Gasteiger partial charge on any atom is -0.389 e. The van der Waals surface area contributed by atoms with Gasteiger partial charge in [0.15, 0.2) is 0 Å². The molecule has 0 saturated heterocycles. The molecule has 0 bridgehead atoms. The molecular formula is C14H19F3N2S. The van der Waals surface area contributed by atoms with Crippen molar-refractivity contribution in [1.29, 1.82) is 0 Å². The van der Waals surface area contributed by atoms with E-state index in [9.17, 15) is 13.2 Å². The summed E-state index contributed by atoms with van der Waals surface area (Å²) in [4.78, 5) is -0.250. The van der Waals surface area contributed by atoms with Crippen LogP contribution in [0.15, 0.2) is 18.2 Å². The molecule has 1 rings (SSSR count). The van der Waals surface area contributed by atoms with E-state index in [0.717, 1.165) is 12.5 Å². The van der Waals surface area contributed by atoms with E-state index in [1.54, 1.807) is 6.07 Å². The van der Waals surface area contributed by atoms with E-state index in [1.165, 1.54) is 6.07 Å². The lowest BCUT2D eigenvalue weighted by Gasteiger charge is -2.23. The van der Waals surface area contributed by atoms with Gasteiger partial charge in [-0.25, -0.2) is 0 Å². The molecule has 0 aliphatic rings. The van der Waals surface area contributed by atoms with E-state index < -0.39 is 11.7 Å². The molecular weight excluding hydrogens is 285 g/mol. The lowest BCUT2D eigenvalue weighted by molar-refractivity contribution is -0.137. The van der Waals surface area contributed by atoms with Crippen molar-refractivity contribution >= 4 is 22.9 Å². The fourth-order valence-corrected chi connectivity index (χ4v) is 2.22. The molecule has 0 heterocycles. The van der Waals surface area contributed by atoms with Crippen LogP contribution in [0.25, 0.3) is 0 Å². The Hall–Kier alpha value is -1.30. The molecule has 0 saturated carbocycles. The molecule has 0 spiro atoms. The van der Waals surface area contributed by atoms with Gasteiger partial charge in [0.05, 0.1) is 5.56 Å². The molecule has 6 heteroatoms. The summed E-state index contributed by atoms with van der Waals surface area (Å²) in [6, 6.07) is 4.08. The zero-order valence-electron chi connectivity index (χ0n) is 11.7. The first-order valence-corrected chi connectivity index (χ1v) is 6.85. The Labute approximate surface area is 122 Å². The van der Waals surface area contributed by atoms with Gasteiger partial charge in [0.1, 0.15) is 4.99 Å². The van der Waals surface area contributed by atoms with Crippen molar-refractivity contribution in [3.8, 4) is 0 Å². The highest BCUT2D eigenvalue weighted by molar-refractivity contribution is 7.80. The standard InChI is InChI=1S/C14H19F3N2S/c1-4-12(8(2)3)19-9-5-6-10(13(18)20)11(7-9)14(15,16)17/h5-8,12,19H,4H2,1-3H3,(H2,18,20). The monoisotopic (exact) mass is 304 g/mol. The zero-order valence-corrected chi connectivity index (χ0v) is 12.5. The van der Waals surface area contributed by atoms with Crippen molar-refractivity contribution in [1.82, 2.24) is 0 Å². The Balaban J connectivity index is 3.16. The summed E-state index contributed by atoms with van der Waals surface area (Å²) >= 11 is 4.67. The zero-order chi connectivity index (χ0) is 15.5. The third kappa shape index (κ3) is 4.10. The molecule has 0 radical (unpaired) electrons. The van der Waals surface area contributed by atoms with E-state index >= 15 is 0 Å². The van der Waals surface area contributed by atoms with Crippen LogP contribution in [0.5, 0.6) is 0 Å². The van der Waals surface area contributed by atoms with E-state index in [1.807, 2.05) is 20.8 Å². The maximum Gasteiger partial charge on any atom is 0.417 e. The number of anilines is 1. The van der Waals surface area contributed by atoms with Gasteiger partial charge in [-0.05, 0) is 30.5 Å². The Morgan fingerprint density at radius 3 is 2.35 bits per heavy atom. The average molecular weight is 304 g/mol. The van der Waals surface area contributed by atoms with E-state index in [0.29, 0.717) is 11.6 Å². The molecule has 0 aliphatic carbocycles. The van der Waals surface area contributed by atoms with Gasteiger partial charge in [-0.15, -0.1) is 0 Å². The molecule has 2 nitrogen and oxygen atoms in total. The first kappa shape index (κ1) is 16.8. The van der Waals surface area contributed by atoms with Crippen molar-refractivity contribution in [2.45, 2.75) is 39.4 Å². The van der Waals surface area contributed by atoms with Gasteiger partial charge >= 0.3 is 6.18 Å². The number of nitrogens with one attached hydrogen (secondary N) is 1. The summed E-state index contributed by atoms with van der Waals surface area (Å²) in [6.45, 7) is 6.04. The van der Waals surface area contributed by atoms with Crippen LogP contribution in [0, 0.1) is 5.92 Å². The molecule has 0 aliphatic heterocycles. The number of hydrogen-bond acceptors (Lipinski definition) is 2. The molecule has 1 atom stereocenters. The van der Waals surface area contributed by atoms with Crippen LogP contribution in [0.4, 0.5) is 18.9 Å². The van der Waals surface area contributed by atoms with Gasteiger partial charge in [-0.3, -0.25) is 0 Å². The van der Waals surface area contributed by atoms with Gasteiger partial charge in [0, 0.05) is 17.3 Å². The van der Waals surface area contributed by atoms with Crippen LogP contribution in [0.1, 0.15) is 38.3 Å². The van der Waals surface area contributed by atoms with Crippen molar-refractivity contribution in [2.24, 2.45) is 11.7 Å². The smallest absolute Gasteiger partial charge is 0.389 e. The molecule has 1 aromatic carbocycles. The van der Waals surface area contributed by atoms with Gasteiger partial charge in [0.25, 0.3) is 0 Å². The number of benzene rings is 1. The van der Waals surface area contributed by atoms with E-state index in [4.69, 9.17) is 5.73 Å². The minimum absolute atomic E-state index is 0.117. The predicted octanol–water partition coefficient (Wildman–Crippen LogP) is 4.19. The summed E-state index contributed by atoms with van der Waals surface area (Å²) in [6.07, 6.45) is -3.65. The predicted molar refractivity (Wildman–Crippen MR) is 79.9 cm³/mol. The first-order valence-electron chi connectivity index (χ1n) is 6.44. The Morgan fingerprint density at radius 1 is 1.35 bits per heavy atom. The van der Waals surface area contributed by atoms with Crippen LogP contribution in [-0.4, -0.2) is 11.0 Å². The third-order valence-corrected chi connectivity index (χ3v) is 3.41. The maximum atomic E-state index is 13.0. The van der Waals surface area contributed by atoms with Gasteiger partial charge in [-0.2, -0.15) is 13.2 Å². The Morgan fingerprint density at radius 2 is 1.95 bits per heavy atom. The molecule has 0 aromatic heterocycles. The van der Waals surface area contributed by atoms with Gasteiger partial charge in [-0.1, -0.05) is 33.0 Å². The SMILES string of the molecule is CCC(Nc1ccc(C(N)=S)c(C(F)(F)F)c1)C(C)C. The normalized spacial score (nSPS) is 13.3. The van der Waals surface area contributed by atoms with Crippen LogP contribution in [0.2, 0.25) is 0 Å². The van der Waals surface area contributed by atoms with E-state index in [2.05, 4.69) is 17.5 Å². The second kappa shape index (κ2) is 6.43. The summed E-state index contributed by atoms with van der Waals surface area (Å²) in [5, 5.41) is 3.12. The third-order valence-electron chi connectivity index (χ3n) is 3.19. The van der Waals surface area contributed by atoms with Crippen LogP contribution >= 0.6 is 12.2 Å². The van der Waals surface area contributed by atoms with Crippen molar-refractivity contribution in [3.63, 3.8) is 0 Å². The van der Waals surface area contributed by atoms with Crippen molar-refractivity contribution in [2.75, 3.05) is 5.32 Å².